The molecule has 21 heavy (non-hydrogen) atoms. The van der Waals surface area contributed by atoms with E-state index in [4.69, 9.17) is 5.73 Å². The van der Waals surface area contributed by atoms with Gasteiger partial charge >= 0.3 is 0 Å². The van der Waals surface area contributed by atoms with Gasteiger partial charge in [-0.1, -0.05) is 34.1 Å². The van der Waals surface area contributed by atoms with Gasteiger partial charge in [0, 0.05) is 30.9 Å². The summed E-state index contributed by atoms with van der Waals surface area (Å²) >= 11 is 0. The van der Waals surface area contributed by atoms with Crippen LogP contribution in [0.3, 0.4) is 0 Å². The third-order valence-electron chi connectivity index (χ3n) is 5.22. The van der Waals surface area contributed by atoms with Gasteiger partial charge in [0.2, 0.25) is 0 Å². The first kappa shape index (κ1) is 16.5. The molecule has 1 aromatic heterocycles. The fourth-order valence-corrected chi connectivity index (χ4v) is 3.74. The van der Waals surface area contributed by atoms with Crippen molar-refractivity contribution in [3.63, 3.8) is 0 Å². The number of imidazole rings is 1. The van der Waals surface area contributed by atoms with E-state index in [0.717, 1.165) is 38.1 Å². The van der Waals surface area contributed by atoms with Gasteiger partial charge in [0.15, 0.2) is 0 Å². The molecule has 2 N–H and O–H groups in total. The topological polar surface area (TPSA) is 43.8 Å². The van der Waals surface area contributed by atoms with Crippen LogP contribution in [0.25, 0.3) is 0 Å². The van der Waals surface area contributed by atoms with Crippen molar-refractivity contribution in [2.75, 3.05) is 0 Å². The summed E-state index contributed by atoms with van der Waals surface area (Å²) in [4.78, 5) is 4.56. The SMILES string of the molecule is CCCn1ccnc1CC1(N)CCCC(C(C)(C)C)CC1. The normalized spacial score (nSPS) is 27.6. The zero-order valence-corrected chi connectivity index (χ0v) is 14.4. The van der Waals surface area contributed by atoms with Gasteiger partial charge in [-0.25, -0.2) is 4.98 Å². The highest BCUT2D eigenvalue weighted by Gasteiger charge is 2.34. The Bertz CT molecular complexity index is 444. The van der Waals surface area contributed by atoms with Crippen molar-refractivity contribution in [3.05, 3.63) is 18.2 Å². The number of nitrogens with zero attached hydrogens (tertiary/aromatic N) is 2. The molecule has 0 saturated heterocycles. The summed E-state index contributed by atoms with van der Waals surface area (Å²) < 4.78 is 2.28. The number of nitrogens with two attached hydrogens (primary N) is 1. The molecule has 1 saturated carbocycles. The smallest absolute Gasteiger partial charge is 0.110 e. The van der Waals surface area contributed by atoms with Crippen LogP contribution in [-0.2, 0) is 13.0 Å². The van der Waals surface area contributed by atoms with Crippen LogP contribution >= 0.6 is 0 Å². The van der Waals surface area contributed by atoms with E-state index in [2.05, 4.69) is 43.4 Å². The second kappa shape index (κ2) is 6.51. The van der Waals surface area contributed by atoms with Gasteiger partial charge in [-0.15, -0.1) is 0 Å². The Morgan fingerprint density at radius 3 is 2.76 bits per heavy atom. The molecule has 0 aromatic carbocycles. The number of hydrogen-bond donors (Lipinski definition) is 1. The van der Waals surface area contributed by atoms with Crippen molar-refractivity contribution in [3.8, 4) is 0 Å². The van der Waals surface area contributed by atoms with Gasteiger partial charge in [-0.3, -0.25) is 0 Å². The minimum Gasteiger partial charge on any atom is -0.335 e. The molecule has 2 unspecified atom stereocenters. The highest BCUT2D eigenvalue weighted by molar-refractivity contribution is 5.02. The van der Waals surface area contributed by atoms with E-state index in [0.29, 0.717) is 5.41 Å². The summed E-state index contributed by atoms with van der Waals surface area (Å²) in [5, 5.41) is 0. The van der Waals surface area contributed by atoms with Gasteiger partial charge < -0.3 is 10.3 Å². The Labute approximate surface area is 130 Å². The monoisotopic (exact) mass is 291 g/mol. The highest BCUT2D eigenvalue weighted by Crippen LogP contribution is 2.39. The van der Waals surface area contributed by atoms with E-state index < -0.39 is 0 Å². The average Bonchev–Trinajstić information content (AvgIpc) is 2.69. The van der Waals surface area contributed by atoms with E-state index in [1.54, 1.807) is 0 Å². The first-order valence-electron chi connectivity index (χ1n) is 8.63. The molecule has 0 amide bonds. The van der Waals surface area contributed by atoms with E-state index in [9.17, 15) is 0 Å². The second-order valence-electron chi connectivity index (χ2n) is 8.07. The maximum atomic E-state index is 6.77. The lowest BCUT2D eigenvalue weighted by molar-refractivity contribution is 0.210. The number of hydrogen-bond acceptors (Lipinski definition) is 2. The molecule has 0 radical (unpaired) electrons. The molecule has 1 aromatic rings. The Balaban J connectivity index is 2.03. The van der Waals surface area contributed by atoms with Gasteiger partial charge in [0.1, 0.15) is 5.82 Å². The lowest BCUT2D eigenvalue weighted by atomic mass is 9.76. The van der Waals surface area contributed by atoms with Gasteiger partial charge in [-0.05, 0) is 43.4 Å². The number of aryl methyl sites for hydroxylation is 1. The fourth-order valence-electron chi connectivity index (χ4n) is 3.74. The molecule has 1 fully saturated rings. The molecule has 120 valence electrons. The van der Waals surface area contributed by atoms with Crippen molar-refractivity contribution in [2.45, 2.75) is 84.7 Å². The van der Waals surface area contributed by atoms with Crippen molar-refractivity contribution < 1.29 is 0 Å². The molecule has 3 nitrogen and oxygen atoms in total. The predicted octanol–water partition coefficient (Wildman–Crippen LogP) is 4.16. The summed E-state index contributed by atoms with van der Waals surface area (Å²) in [5.74, 6) is 1.98. The average molecular weight is 291 g/mol. The van der Waals surface area contributed by atoms with Crippen molar-refractivity contribution >= 4 is 0 Å². The fraction of sp³-hybridized carbons (Fsp3) is 0.833. The summed E-state index contributed by atoms with van der Waals surface area (Å²) in [6, 6.07) is 0. The predicted molar refractivity (Wildman–Crippen MR) is 89.2 cm³/mol. The van der Waals surface area contributed by atoms with Crippen LogP contribution in [0.15, 0.2) is 12.4 Å². The lowest BCUT2D eigenvalue weighted by Gasteiger charge is -2.31. The summed E-state index contributed by atoms with van der Waals surface area (Å²) in [6.45, 7) is 10.4. The zero-order valence-electron chi connectivity index (χ0n) is 14.4. The number of aromatic nitrogens is 2. The molecule has 2 rings (SSSR count). The molecule has 1 aliphatic carbocycles. The molecule has 1 heterocycles. The van der Waals surface area contributed by atoms with Crippen LogP contribution in [-0.4, -0.2) is 15.1 Å². The largest absolute Gasteiger partial charge is 0.335 e. The molecular weight excluding hydrogens is 258 g/mol. The van der Waals surface area contributed by atoms with Crippen LogP contribution in [0, 0.1) is 11.3 Å². The molecule has 0 aliphatic heterocycles. The Kier molecular flexibility index (Phi) is 5.13. The maximum Gasteiger partial charge on any atom is 0.110 e. The van der Waals surface area contributed by atoms with Crippen LogP contribution < -0.4 is 5.73 Å². The van der Waals surface area contributed by atoms with E-state index in [1.807, 2.05) is 6.20 Å². The molecule has 0 bridgehead atoms. The third kappa shape index (κ3) is 4.32. The third-order valence-corrected chi connectivity index (χ3v) is 5.22. The van der Waals surface area contributed by atoms with Crippen molar-refractivity contribution in [1.29, 1.82) is 0 Å². The van der Waals surface area contributed by atoms with E-state index in [-0.39, 0.29) is 5.54 Å². The standard InChI is InChI=1S/C18H33N3/c1-5-12-21-13-11-20-16(21)14-18(19)9-6-7-15(8-10-18)17(2,3)4/h11,13,15H,5-10,12,14,19H2,1-4H3. The Hall–Kier alpha value is -0.830. The minimum absolute atomic E-state index is 0.0587. The second-order valence-corrected chi connectivity index (χ2v) is 8.07. The van der Waals surface area contributed by atoms with Crippen molar-refractivity contribution in [1.82, 2.24) is 9.55 Å². The lowest BCUT2D eigenvalue weighted by Crippen LogP contribution is -2.42. The van der Waals surface area contributed by atoms with Crippen LogP contribution in [0.1, 0.15) is 72.0 Å². The van der Waals surface area contributed by atoms with Gasteiger partial charge in [0.25, 0.3) is 0 Å². The molecular formula is C18H33N3. The quantitative estimate of drug-likeness (QED) is 0.847. The highest BCUT2D eigenvalue weighted by atomic mass is 15.1. The molecule has 2 atom stereocenters. The molecule has 3 heteroatoms. The van der Waals surface area contributed by atoms with E-state index >= 15 is 0 Å². The zero-order chi connectivity index (χ0) is 15.5. The summed E-state index contributed by atoms with van der Waals surface area (Å²) in [6.07, 6.45) is 12.2. The van der Waals surface area contributed by atoms with Crippen molar-refractivity contribution in [2.24, 2.45) is 17.1 Å². The Morgan fingerprint density at radius 2 is 2.10 bits per heavy atom. The number of rotatable bonds is 4. The summed E-state index contributed by atoms with van der Waals surface area (Å²) in [7, 11) is 0. The van der Waals surface area contributed by atoms with Crippen LogP contribution in [0.2, 0.25) is 0 Å². The maximum absolute atomic E-state index is 6.77. The minimum atomic E-state index is -0.0587. The summed E-state index contributed by atoms with van der Waals surface area (Å²) in [5.41, 5.74) is 7.12. The van der Waals surface area contributed by atoms with Gasteiger partial charge in [-0.2, -0.15) is 0 Å². The van der Waals surface area contributed by atoms with Crippen LogP contribution in [0.4, 0.5) is 0 Å². The van der Waals surface area contributed by atoms with E-state index in [1.165, 1.54) is 25.1 Å². The van der Waals surface area contributed by atoms with Crippen LogP contribution in [0.5, 0.6) is 0 Å². The first-order chi connectivity index (χ1) is 9.84. The Morgan fingerprint density at radius 1 is 1.33 bits per heavy atom. The first-order valence-corrected chi connectivity index (χ1v) is 8.63. The molecule has 1 aliphatic rings. The van der Waals surface area contributed by atoms with Gasteiger partial charge in [0.05, 0.1) is 0 Å². The molecule has 0 spiro atoms.